The van der Waals surface area contributed by atoms with Gasteiger partial charge in [0.2, 0.25) is 5.91 Å². The minimum atomic E-state index is -0.289. The Morgan fingerprint density at radius 3 is 2.75 bits per heavy atom. The van der Waals surface area contributed by atoms with Gasteiger partial charge in [-0.2, -0.15) is 5.10 Å². The van der Waals surface area contributed by atoms with Crippen molar-refractivity contribution in [3.8, 4) is 5.69 Å². The first kappa shape index (κ1) is 20.0. The van der Waals surface area contributed by atoms with Crippen LogP contribution in [0.5, 0.6) is 0 Å². The minimum absolute atomic E-state index is 0.0485. The second-order valence-electron chi connectivity index (χ2n) is 8.15. The number of carbonyl (C=O) groups excluding carboxylic acids is 2. The highest BCUT2D eigenvalue weighted by molar-refractivity contribution is 6.01. The molecule has 3 N–H and O–H groups in total. The van der Waals surface area contributed by atoms with Gasteiger partial charge in [-0.05, 0) is 31.9 Å². The van der Waals surface area contributed by atoms with Crippen molar-refractivity contribution in [3.05, 3.63) is 47.5 Å². The third-order valence-corrected chi connectivity index (χ3v) is 5.65. The van der Waals surface area contributed by atoms with E-state index >= 15 is 0 Å². The number of aryl methyl sites for hydroxylation is 1. The van der Waals surface area contributed by atoms with Gasteiger partial charge in [0.15, 0.2) is 5.82 Å². The monoisotopic (exact) mass is 432 g/mol. The first-order chi connectivity index (χ1) is 15.4. The van der Waals surface area contributed by atoms with Crippen LogP contribution in [0.2, 0.25) is 0 Å². The van der Waals surface area contributed by atoms with E-state index in [-0.39, 0.29) is 17.7 Å². The first-order valence-electron chi connectivity index (χ1n) is 10.5. The van der Waals surface area contributed by atoms with Crippen LogP contribution < -0.4 is 20.9 Å². The van der Waals surface area contributed by atoms with Crippen molar-refractivity contribution in [3.63, 3.8) is 0 Å². The summed E-state index contributed by atoms with van der Waals surface area (Å²) in [5.74, 6) is 0.686. The molecule has 0 bridgehead atoms. The summed E-state index contributed by atoms with van der Waals surface area (Å²) in [4.78, 5) is 35.6. The van der Waals surface area contributed by atoms with E-state index in [9.17, 15) is 9.59 Å². The highest BCUT2D eigenvalue weighted by Gasteiger charge is 2.30. The lowest BCUT2D eigenvalue weighted by Crippen LogP contribution is -2.27. The van der Waals surface area contributed by atoms with Gasteiger partial charge in [0.25, 0.3) is 5.91 Å². The SMILES string of the molecule is CNC(=O)c1cnc(NC(=O)C2CC2)cc1Nc1nccc2c1N(C)Cc1cc(C)nn1-2. The first-order valence-corrected chi connectivity index (χ1v) is 10.5. The molecule has 0 radical (unpaired) electrons. The van der Waals surface area contributed by atoms with Crippen LogP contribution in [0.3, 0.4) is 0 Å². The number of rotatable bonds is 5. The van der Waals surface area contributed by atoms with E-state index in [1.54, 1.807) is 19.3 Å². The smallest absolute Gasteiger partial charge is 0.254 e. The van der Waals surface area contributed by atoms with Crippen molar-refractivity contribution in [2.75, 3.05) is 29.6 Å². The molecule has 10 heteroatoms. The van der Waals surface area contributed by atoms with Crippen molar-refractivity contribution >= 4 is 34.8 Å². The van der Waals surface area contributed by atoms with Gasteiger partial charge in [-0.3, -0.25) is 9.59 Å². The van der Waals surface area contributed by atoms with E-state index in [0.29, 0.717) is 29.4 Å². The van der Waals surface area contributed by atoms with Gasteiger partial charge in [0, 0.05) is 38.5 Å². The lowest BCUT2D eigenvalue weighted by Gasteiger charge is -2.30. The van der Waals surface area contributed by atoms with Gasteiger partial charge in [-0.1, -0.05) is 0 Å². The Balaban J connectivity index is 1.55. The van der Waals surface area contributed by atoms with Crippen molar-refractivity contribution in [1.29, 1.82) is 0 Å². The van der Waals surface area contributed by atoms with Gasteiger partial charge in [-0.15, -0.1) is 0 Å². The average molecular weight is 432 g/mol. The van der Waals surface area contributed by atoms with Gasteiger partial charge >= 0.3 is 0 Å². The minimum Gasteiger partial charge on any atom is -0.364 e. The Bertz CT molecular complexity index is 1230. The van der Waals surface area contributed by atoms with Gasteiger partial charge < -0.3 is 20.9 Å². The van der Waals surface area contributed by atoms with Crippen LogP contribution in [-0.4, -0.2) is 45.7 Å². The predicted molar refractivity (Wildman–Crippen MR) is 120 cm³/mol. The zero-order valence-corrected chi connectivity index (χ0v) is 18.1. The van der Waals surface area contributed by atoms with Crippen molar-refractivity contribution < 1.29 is 9.59 Å². The number of nitrogens with zero attached hydrogens (tertiary/aromatic N) is 5. The number of fused-ring (bicyclic) bond motifs is 3. The number of hydrogen-bond acceptors (Lipinski definition) is 7. The Hall–Kier alpha value is -3.95. The number of aromatic nitrogens is 4. The maximum Gasteiger partial charge on any atom is 0.254 e. The van der Waals surface area contributed by atoms with E-state index in [1.807, 2.05) is 24.7 Å². The quantitative estimate of drug-likeness (QED) is 0.567. The maximum absolute atomic E-state index is 12.5. The molecule has 5 rings (SSSR count). The number of pyridine rings is 2. The standard InChI is InChI=1S/C22H24N8O2/c1-12-8-14-11-29(3)19-17(30(14)28-12)6-7-24-20(19)26-16-9-18(27-21(31)13-4-5-13)25-10-15(16)22(32)23-2/h6-10,13H,4-5,11H2,1-3H3,(H,23,32)(H2,24,25,26,27,31). The van der Waals surface area contributed by atoms with Crippen LogP contribution in [0.1, 0.15) is 34.6 Å². The Morgan fingerprint density at radius 2 is 2.00 bits per heavy atom. The normalized spacial score (nSPS) is 14.4. The summed E-state index contributed by atoms with van der Waals surface area (Å²) in [6, 6.07) is 5.65. The number of anilines is 4. The molecule has 1 fully saturated rings. The molecule has 3 aromatic rings. The molecule has 0 unspecified atom stereocenters. The summed E-state index contributed by atoms with van der Waals surface area (Å²) in [5.41, 5.74) is 4.66. The van der Waals surface area contributed by atoms with E-state index in [4.69, 9.17) is 0 Å². The molecule has 1 aliphatic carbocycles. The fourth-order valence-corrected chi connectivity index (χ4v) is 3.92. The largest absolute Gasteiger partial charge is 0.364 e. The van der Waals surface area contributed by atoms with E-state index in [0.717, 1.165) is 35.6 Å². The predicted octanol–water partition coefficient (Wildman–Crippen LogP) is 2.37. The fraction of sp³-hybridized carbons (Fsp3) is 0.318. The zero-order valence-electron chi connectivity index (χ0n) is 18.1. The van der Waals surface area contributed by atoms with Crippen molar-refractivity contribution in [2.45, 2.75) is 26.3 Å². The summed E-state index contributed by atoms with van der Waals surface area (Å²) < 4.78 is 1.92. The molecule has 4 heterocycles. The van der Waals surface area contributed by atoms with Gasteiger partial charge in [-0.25, -0.2) is 14.6 Å². The fourth-order valence-electron chi connectivity index (χ4n) is 3.92. The molecule has 164 valence electrons. The molecule has 0 saturated heterocycles. The topological polar surface area (TPSA) is 117 Å². The van der Waals surface area contributed by atoms with Crippen molar-refractivity contribution in [1.82, 2.24) is 25.1 Å². The highest BCUT2D eigenvalue weighted by Crippen LogP contribution is 2.38. The number of nitrogens with one attached hydrogen (secondary N) is 3. The summed E-state index contributed by atoms with van der Waals surface area (Å²) in [5, 5.41) is 13.4. The summed E-state index contributed by atoms with van der Waals surface area (Å²) in [7, 11) is 3.55. The van der Waals surface area contributed by atoms with Gasteiger partial charge in [0.05, 0.1) is 34.9 Å². The molecule has 0 spiro atoms. The molecule has 1 saturated carbocycles. The van der Waals surface area contributed by atoms with E-state index in [1.165, 1.54) is 6.20 Å². The Kier molecular flexibility index (Phi) is 4.76. The summed E-state index contributed by atoms with van der Waals surface area (Å²) in [6.07, 6.45) is 4.96. The molecule has 1 aliphatic heterocycles. The van der Waals surface area contributed by atoms with Crippen LogP contribution >= 0.6 is 0 Å². The summed E-state index contributed by atoms with van der Waals surface area (Å²) >= 11 is 0. The average Bonchev–Trinajstić information content (AvgIpc) is 3.56. The lowest BCUT2D eigenvalue weighted by molar-refractivity contribution is -0.117. The molecule has 2 amide bonds. The summed E-state index contributed by atoms with van der Waals surface area (Å²) in [6.45, 7) is 2.64. The number of carbonyl (C=O) groups is 2. The van der Waals surface area contributed by atoms with Crippen LogP contribution in [0.15, 0.2) is 30.6 Å². The molecule has 3 aromatic heterocycles. The third-order valence-electron chi connectivity index (χ3n) is 5.65. The zero-order chi connectivity index (χ0) is 22.4. The molecule has 0 aromatic carbocycles. The second kappa shape index (κ2) is 7.63. The van der Waals surface area contributed by atoms with Crippen LogP contribution in [0.4, 0.5) is 23.0 Å². The maximum atomic E-state index is 12.5. The Morgan fingerprint density at radius 1 is 1.19 bits per heavy atom. The Labute approximate surface area is 185 Å². The molecule has 10 nitrogen and oxygen atoms in total. The molecule has 0 atom stereocenters. The van der Waals surface area contributed by atoms with Gasteiger partial charge in [0.1, 0.15) is 11.5 Å². The highest BCUT2D eigenvalue weighted by atomic mass is 16.2. The van der Waals surface area contributed by atoms with Crippen LogP contribution in [-0.2, 0) is 11.3 Å². The van der Waals surface area contributed by atoms with E-state index < -0.39 is 0 Å². The lowest BCUT2D eigenvalue weighted by atomic mass is 10.2. The molecular weight excluding hydrogens is 408 g/mol. The molecular formula is C22H24N8O2. The molecule has 2 aliphatic rings. The van der Waals surface area contributed by atoms with Crippen LogP contribution in [0.25, 0.3) is 5.69 Å². The van der Waals surface area contributed by atoms with E-state index in [2.05, 4.69) is 42.0 Å². The second-order valence-corrected chi connectivity index (χ2v) is 8.15. The number of amides is 2. The van der Waals surface area contributed by atoms with Crippen LogP contribution in [0, 0.1) is 12.8 Å². The molecule has 32 heavy (non-hydrogen) atoms. The van der Waals surface area contributed by atoms with Crippen molar-refractivity contribution in [2.24, 2.45) is 5.92 Å². The third kappa shape index (κ3) is 3.53. The number of hydrogen-bond donors (Lipinski definition) is 3.